The van der Waals surface area contributed by atoms with Gasteiger partial charge in [-0.15, -0.1) is 0 Å². The van der Waals surface area contributed by atoms with Crippen LogP contribution in [-0.2, 0) is 21.3 Å². The predicted molar refractivity (Wildman–Crippen MR) is 105 cm³/mol. The van der Waals surface area contributed by atoms with Gasteiger partial charge >= 0.3 is 29.6 Å². The van der Waals surface area contributed by atoms with Crippen LogP contribution in [0.2, 0.25) is 0 Å². The van der Waals surface area contributed by atoms with Gasteiger partial charge in [-0.25, -0.2) is 8.42 Å². The van der Waals surface area contributed by atoms with Crippen LogP contribution in [-0.4, -0.2) is 13.0 Å². The number of unbranched alkanes of at least 4 members (excludes halogenated alkanes) is 9. The third-order valence-corrected chi connectivity index (χ3v) is 6.56. The summed E-state index contributed by atoms with van der Waals surface area (Å²) in [5.41, 5.74) is 1.65. The van der Waals surface area contributed by atoms with E-state index in [0.717, 1.165) is 24.8 Å². The molecule has 144 valence electrons. The summed E-state index contributed by atoms with van der Waals surface area (Å²) in [4.78, 5) is 0. The van der Waals surface area contributed by atoms with E-state index in [0.29, 0.717) is 5.56 Å². The SMILES string of the molecule is CCCCCCCCCCCCc1ccccc1C(C)(C)S(=O)(=O)[O-].[Na+]. The minimum atomic E-state index is -4.38. The summed E-state index contributed by atoms with van der Waals surface area (Å²) in [6, 6.07) is 7.46. The topological polar surface area (TPSA) is 57.2 Å². The van der Waals surface area contributed by atoms with Gasteiger partial charge in [0.05, 0.1) is 4.75 Å². The summed E-state index contributed by atoms with van der Waals surface area (Å²) < 4.78 is 33.4. The van der Waals surface area contributed by atoms with Crippen molar-refractivity contribution in [2.24, 2.45) is 0 Å². The first-order valence-corrected chi connectivity index (χ1v) is 11.3. The molecule has 3 nitrogen and oxygen atoms in total. The van der Waals surface area contributed by atoms with Crippen LogP contribution in [0.1, 0.15) is 96.1 Å². The van der Waals surface area contributed by atoms with Gasteiger partial charge in [0, 0.05) is 0 Å². The van der Waals surface area contributed by atoms with Crippen molar-refractivity contribution in [3.05, 3.63) is 35.4 Å². The molecule has 1 aromatic carbocycles. The Morgan fingerprint density at radius 2 is 1.31 bits per heavy atom. The van der Waals surface area contributed by atoms with Crippen molar-refractivity contribution in [2.75, 3.05) is 0 Å². The molecule has 1 aromatic rings. The van der Waals surface area contributed by atoms with Crippen LogP contribution in [0.3, 0.4) is 0 Å². The van der Waals surface area contributed by atoms with E-state index in [2.05, 4.69) is 6.92 Å². The smallest absolute Gasteiger partial charge is 0.747 e. The zero-order chi connectivity index (χ0) is 18.8. The molecule has 0 radical (unpaired) electrons. The molecule has 0 heterocycles. The summed E-state index contributed by atoms with van der Waals surface area (Å²) in [5.74, 6) is 0. The standard InChI is InChI=1S/C21H36O3S.Na/c1-4-5-6-7-8-9-10-11-12-13-16-19-17-14-15-18-20(19)21(2,3)25(22,23)24;/h14-15,17-18H,4-13,16H2,1-3H3,(H,22,23,24);/q;+1/p-1. The van der Waals surface area contributed by atoms with Crippen LogP contribution in [0.4, 0.5) is 0 Å². The molecule has 0 spiro atoms. The molecule has 0 atom stereocenters. The molecule has 0 N–H and O–H groups in total. The van der Waals surface area contributed by atoms with Gasteiger partial charge < -0.3 is 4.55 Å². The molecule has 0 aliphatic heterocycles. The van der Waals surface area contributed by atoms with Crippen LogP contribution >= 0.6 is 0 Å². The van der Waals surface area contributed by atoms with Gasteiger partial charge in [-0.05, 0) is 37.8 Å². The van der Waals surface area contributed by atoms with Gasteiger partial charge in [-0.3, -0.25) is 0 Å². The summed E-state index contributed by atoms with van der Waals surface area (Å²) in [6.07, 6.45) is 13.6. The normalized spacial score (nSPS) is 12.0. The Labute approximate surface area is 183 Å². The fraction of sp³-hybridized carbons (Fsp3) is 0.714. The van der Waals surface area contributed by atoms with Crippen LogP contribution in [0.15, 0.2) is 24.3 Å². The van der Waals surface area contributed by atoms with Crippen molar-refractivity contribution < 1.29 is 42.5 Å². The minimum absolute atomic E-state index is 0. The Hall–Kier alpha value is 0.130. The Balaban J connectivity index is 0.00000625. The Bertz CT molecular complexity index is 597. The number of benzene rings is 1. The monoisotopic (exact) mass is 390 g/mol. The van der Waals surface area contributed by atoms with Crippen molar-refractivity contribution in [2.45, 2.75) is 96.1 Å². The first kappa shape index (κ1) is 26.1. The van der Waals surface area contributed by atoms with Gasteiger partial charge in [-0.2, -0.15) is 0 Å². The average Bonchev–Trinajstić information content (AvgIpc) is 2.56. The number of aryl methyl sites for hydroxylation is 1. The Morgan fingerprint density at radius 1 is 0.846 bits per heavy atom. The van der Waals surface area contributed by atoms with E-state index in [1.54, 1.807) is 6.07 Å². The Morgan fingerprint density at radius 3 is 1.81 bits per heavy atom. The molecule has 0 fully saturated rings. The molecule has 0 amide bonds. The first-order valence-electron chi connectivity index (χ1n) is 9.84. The molecular formula is C21H35NaO3S. The molecule has 0 aliphatic rings. The van der Waals surface area contributed by atoms with Crippen molar-refractivity contribution in [1.82, 2.24) is 0 Å². The molecule has 5 heteroatoms. The van der Waals surface area contributed by atoms with E-state index in [1.165, 1.54) is 65.2 Å². The van der Waals surface area contributed by atoms with Gasteiger partial charge in [0.1, 0.15) is 10.1 Å². The molecule has 1 rings (SSSR count). The van der Waals surface area contributed by atoms with Crippen molar-refractivity contribution in [3.63, 3.8) is 0 Å². The second kappa shape index (κ2) is 13.3. The maximum absolute atomic E-state index is 11.6. The van der Waals surface area contributed by atoms with Gasteiger partial charge in [0.25, 0.3) is 0 Å². The van der Waals surface area contributed by atoms with E-state index in [9.17, 15) is 13.0 Å². The maximum Gasteiger partial charge on any atom is 1.00 e. The fourth-order valence-corrected chi connectivity index (χ4v) is 3.73. The molecule has 26 heavy (non-hydrogen) atoms. The van der Waals surface area contributed by atoms with Crippen LogP contribution < -0.4 is 29.6 Å². The number of hydrogen-bond donors (Lipinski definition) is 0. The first-order chi connectivity index (χ1) is 11.8. The van der Waals surface area contributed by atoms with Crippen molar-refractivity contribution in [1.29, 1.82) is 0 Å². The summed E-state index contributed by atoms with van der Waals surface area (Å²) in [5, 5.41) is 0. The predicted octanol–water partition coefficient (Wildman–Crippen LogP) is 2.93. The van der Waals surface area contributed by atoms with E-state index in [1.807, 2.05) is 18.2 Å². The Kier molecular flexibility index (Phi) is 13.4. The zero-order valence-corrected chi connectivity index (χ0v) is 20.0. The van der Waals surface area contributed by atoms with E-state index in [4.69, 9.17) is 0 Å². The van der Waals surface area contributed by atoms with Crippen LogP contribution in [0, 0.1) is 0 Å². The van der Waals surface area contributed by atoms with E-state index in [-0.39, 0.29) is 29.6 Å². The summed E-state index contributed by atoms with van der Waals surface area (Å²) in [6.45, 7) is 5.26. The van der Waals surface area contributed by atoms with Gasteiger partial charge in [0.15, 0.2) is 0 Å². The molecule has 0 saturated carbocycles. The zero-order valence-electron chi connectivity index (χ0n) is 17.2. The van der Waals surface area contributed by atoms with Crippen LogP contribution in [0.5, 0.6) is 0 Å². The van der Waals surface area contributed by atoms with Crippen molar-refractivity contribution >= 4 is 10.1 Å². The minimum Gasteiger partial charge on any atom is -0.747 e. The fourth-order valence-electron chi connectivity index (χ4n) is 3.26. The molecular weight excluding hydrogens is 355 g/mol. The number of hydrogen-bond acceptors (Lipinski definition) is 3. The molecule has 0 saturated heterocycles. The second-order valence-corrected chi connectivity index (χ2v) is 9.48. The third kappa shape index (κ3) is 8.88. The van der Waals surface area contributed by atoms with E-state index < -0.39 is 14.9 Å². The van der Waals surface area contributed by atoms with Gasteiger partial charge in [-0.1, -0.05) is 89.0 Å². The molecule has 0 aliphatic carbocycles. The van der Waals surface area contributed by atoms with Gasteiger partial charge in [0.2, 0.25) is 0 Å². The molecule has 0 unspecified atom stereocenters. The van der Waals surface area contributed by atoms with Crippen molar-refractivity contribution in [3.8, 4) is 0 Å². The van der Waals surface area contributed by atoms with Crippen LogP contribution in [0.25, 0.3) is 0 Å². The quantitative estimate of drug-likeness (QED) is 0.296. The third-order valence-electron chi connectivity index (χ3n) is 5.09. The molecule has 0 aromatic heterocycles. The maximum atomic E-state index is 11.6. The summed E-state index contributed by atoms with van der Waals surface area (Å²) >= 11 is 0. The second-order valence-electron chi connectivity index (χ2n) is 7.55. The van der Waals surface area contributed by atoms with E-state index >= 15 is 0 Å². The largest absolute Gasteiger partial charge is 1.00 e. The average molecular weight is 391 g/mol. The summed E-state index contributed by atoms with van der Waals surface area (Å²) in [7, 11) is -4.38. The molecule has 0 bridgehead atoms. The number of rotatable bonds is 13.